The third-order valence-electron chi connectivity index (χ3n) is 4.47. The van der Waals surface area contributed by atoms with Gasteiger partial charge in [0, 0.05) is 39.1 Å². The Morgan fingerprint density at radius 3 is 2.27 bits per heavy atom. The maximum Gasteiger partial charge on any atom is 0.242 e. The first-order valence-corrected chi connectivity index (χ1v) is 9.96. The van der Waals surface area contributed by atoms with E-state index in [1.807, 2.05) is 20.8 Å². The molecule has 1 N–H and O–H groups in total. The van der Waals surface area contributed by atoms with Crippen molar-refractivity contribution in [3.8, 4) is 0 Å². The molecular formula is C18H27N3O4S. The molecule has 0 aliphatic carbocycles. The van der Waals surface area contributed by atoms with Crippen LogP contribution in [-0.4, -0.2) is 55.6 Å². The number of benzene rings is 1. The maximum atomic E-state index is 12.4. The van der Waals surface area contributed by atoms with Gasteiger partial charge in [0.05, 0.1) is 10.8 Å². The van der Waals surface area contributed by atoms with Crippen molar-refractivity contribution in [2.75, 3.05) is 20.6 Å². The zero-order valence-corrected chi connectivity index (χ0v) is 16.8. The fourth-order valence-corrected chi connectivity index (χ4v) is 3.76. The number of nitrogens with one attached hydrogen (secondary N) is 1. The minimum absolute atomic E-state index is 0.00380. The van der Waals surface area contributed by atoms with Gasteiger partial charge in [0.1, 0.15) is 0 Å². The lowest BCUT2D eigenvalue weighted by Crippen LogP contribution is -2.43. The highest BCUT2D eigenvalue weighted by atomic mass is 32.2. The molecule has 1 aliphatic heterocycles. The largest absolute Gasteiger partial charge is 0.352 e. The molecule has 0 saturated carbocycles. The van der Waals surface area contributed by atoms with Gasteiger partial charge in [-0.15, -0.1) is 0 Å². The second-order valence-corrected chi connectivity index (χ2v) is 9.88. The number of rotatable bonds is 5. The summed E-state index contributed by atoms with van der Waals surface area (Å²) in [5.41, 5.74) is 0.507. The van der Waals surface area contributed by atoms with Crippen molar-refractivity contribution in [2.45, 2.75) is 44.2 Å². The maximum absolute atomic E-state index is 12.4. The zero-order valence-electron chi connectivity index (χ0n) is 15.9. The summed E-state index contributed by atoms with van der Waals surface area (Å²) in [5, 5.41) is 2.84. The highest BCUT2D eigenvalue weighted by molar-refractivity contribution is 7.89. The van der Waals surface area contributed by atoms with Gasteiger partial charge in [-0.2, -0.15) is 0 Å². The lowest BCUT2D eigenvalue weighted by Gasteiger charge is -2.31. The summed E-state index contributed by atoms with van der Waals surface area (Å²) in [6.45, 7) is 6.58. The molecule has 1 heterocycles. The molecular weight excluding hydrogens is 354 g/mol. The lowest BCUT2D eigenvalue weighted by molar-refractivity contribution is -0.132. The third kappa shape index (κ3) is 4.42. The van der Waals surface area contributed by atoms with E-state index in [4.69, 9.17) is 0 Å². The molecule has 0 radical (unpaired) electrons. The molecule has 2 rings (SSSR count). The van der Waals surface area contributed by atoms with E-state index in [9.17, 15) is 18.0 Å². The predicted molar refractivity (Wildman–Crippen MR) is 98.7 cm³/mol. The number of hydrogen-bond acceptors (Lipinski definition) is 4. The van der Waals surface area contributed by atoms with Crippen LogP contribution in [0.25, 0.3) is 0 Å². The molecule has 1 aliphatic rings. The molecule has 0 spiro atoms. The Morgan fingerprint density at radius 1 is 1.23 bits per heavy atom. The van der Waals surface area contributed by atoms with Crippen LogP contribution in [0.2, 0.25) is 0 Å². The van der Waals surface area contributed by atoms with Crippen LogP contribution in [0, 0.1) is 5.92 Å². The fraction of sp³-hybridized carbons (Fsp3) is 0.556. The van der Waals surface area contributed by atoms with Crippen molar-refractivity contribution in [2.24, 2.45) is 5.92 Å². The number of carbonyl (C=O) groups is 2. The van der Waals surface area contributed by atoms with Gasteiger partial charge in [-0.3, -0.25) is 9.59 Å². The van der Waals surface area contributed by atoms with Crippen LogP contribution in [-0.2, 0) is 26.2 Å². The Balaban J connectivity index is 1.95. The molecule has 7 nitrogen and oxygen atoms in total. The number of nitrogens with zero attached hydrogens (tertiary/aromatic N) is 2. The fourth-order valence-electron chi connectivity index (χ4n) is 2.85. The normalized spacial score (nSPS) is 18.5. The molecule has 0 aromatic heterocycles. The Bertz CT molecular complexity index is 780. The van der Waals surface area contributed by atoms with E-state index in [1.165, 1.54) is 26.2 Å². The van der Waals surface area contributed by atoms with Gasteiger partial charge in [-0.05, 0) is 38.5 Å². The van der Waals surface area contributed by atoms with Gasteiger partial charge in [-0.25, -0.2) is 12.7 Å². The molecule has 1 fully saturated rings. The number of hydrogen-bond donors (Lipinski definition) is 1. The SMILES string of the molecule is CN(C)S(=O)(=O)c1ccc(CNC(=O)[C@H]2CC(=O)N(C(C)(C)C)C2)cc1. The smallest absolute Gasteiger partial charge is 0.242 e. The quantitative estimate of drug-likeness (QED) is 0.830. The van der Waals surface area contributed by atoms with Gasteiger partial charge in [0.2, 0.25) is 21.8 Å². The second kappa shape index (κ2) is 7.36. The third-order valence-corrected chi connectivity index (χ3v) is 6.30. The highest BCUT2D eigenvalue weighted by Gasteiger charge is 2.39. The lowest BCUT2D eigenvalue weighted by atomic mass is 10.1. The molecule has 144 valence electrons. The van der Waals surface area contributed by atoms with Gasteiger partial charge in [-0.1, -0.05) is 12.1 Å². The summed E-state index contributed by atoms with van der Waals surface area (Å²) in [6, 6.07) is 6.41. The summed E-state index contributed by atoms with van der Waals surface area (Å²) in [4.78, 5) is 26.4. The number of carbonyl (C=O) groups excluding carboxylic acids is 2. The molecule has 1 saturated heterocycles. The van der Waals surface area contributed by atoms with E-state index in [0.717, 1.165) is 9.87 Å². The molecule has 8 heteroatoms. The van der Waals surface area contributed by atoms with Crippen LogP contribution >= 0.6 is 0 Å². The second-order valence-electron chi connectivity index (χ2n) is 7.73. The summed E-state index contributed by atoms with van der Waals surface area (Å²) in [5.74, 6) is -0.513. The van der Waals surface area contributed by atoms with Crippen molar-refractivity contribution in [3.63, 3.8) is 0 Å². The summed E-state index contributed by atoms with van der Waals surface area (Å²) < 4.78 is 25.2. The molecule has 1 aromatic rings. The Hall–Kier alpha value is -1.93. The molecule has 0 bridgehead atoms. The van der Waals surface area contributed by atoms with Crippen molar-refractivity contribution >= 4 is 21.8 Å². The molecule has 0 unspecified atom stereocenters. The summed E-state index contributed by atoms with van der Waals surface area (Å²) in [7, 11) is -0.503. The van der Waals surface area contributed by atoms with Crippen molar-refractivity contribution in [1.82, 2.24) is 14.5 Å². The topological polar surface area (TPSA) is 86.8 Å². The molecule has 2 amide bonds. The molecule has 1 aromatic carbocycles. The van der Waals surface area contributed by atoms with Crippen LogP contribution in [0.1, 0.15) is 32.8 Å². The first-order chi connectivity index (χ1) is 11.9. The van der Waals surface area contributed by atoms with E-state index in [-0.39, 0.29) is 34.6 Å². The van der Waals surface area contributed by atoms with Crippen LogP contribution in [0.4, 0.5) is 0 Å². The summed E-state index contributed by atoms with van der Waals surface area (Å²) >= 11 is 0. The van der Waals surface area contributed by atoms with E-state index >= 15 is 0 Å². The monoisotopic (exact) mass is 381 g/mol. The average Bonchev–Trinajstić information content (AvgIpc) is 2.95. The first kappa shape index (κ1) is 20.4. The number of likely N-dealkylation sites (tertiary alicyclic amines) is 1. The predicted octanol–water partition coefficient (Wildman–Crippen LogP) is 1.20. The highest BCUT2D eigenvalue weighted by Crippen LogP contribution is 2.26. The van der Waals surface area contributed by atoms with Crippen LogP contribution < -0.4 is 5.32 Å². The standard InChI is InChI=1S/C18H27N3O4S/c1-18(2,3)21-12-14(10-16(21)22)17(23)19-11-13-6-8-15(9-7-13)26(24,25)20(4)5/h6-9,14H,10-12H2,1-5H3,(H,19,23)/t14-/m0/s1. The van der Waals surface area contributed by atoms with Crippen LogP contribution in [0.15, 0.2) is 29.2 Å². The minimum atomic E-state index is -3.46. The van der Waals surface area contributed by atoms with Crippen LogP contribution in [0.5, 0.6) is 0 Å². The summed E-state index contributed by atoms with van der Waals surface area (Å²) in [6.07, 6.45) is 0.225. The van der Waals surface area contributed by atoms with Gasteiger partial charge in [0.25, 0.3) is 0 Å². The molecule has 26 heavy (non-hydrogen) atoms. The Kier molecular flexibility index (Phi) is 5.77. The van der Waals surface area contributed by atoms with Crippen molar-refractivity contribution in [1.29, 1.82) is 0 Å². The number of amides is 2. The van der Waals surface area contributed by atoms with E-state index < -0.39 is 10.0 Å². The van der Waals surface area contributed by atoms with Crippen molar-refractivity contribution < 1.29 is 18.0 Å². The van der Waals surface area contributed by atoms with E-state index in [1.54, 1.807) is 17.0 Å². The Morgan fingerprint density at radius 2 is 1.81 bits per heavy atom. The number of sulfonamides is 1. The van der Waals surface area contributed by atoms with Gasteiger partial charge < -0.3 is 10.2 Å². The zero-order chi connectivity index (χ0) is 19.7. The Labute approximate surface area is 155 Å². The van der Waals surface area contributed by atoms with Gasteiger partial charge in [0.15, 0.2) is 0 Å². The first-order valence-electron chi connectivity index (χ1n) is 8.52. The van der Waals surface area contributed by atoms with E-state index in [0.29, 0.717) is 13.1 Å². The van der Waals surface area contributed by atoms with Crippen LogP contribution in [0.3, 0.4) is 0 Å². The van der Waals surface area contributed by atoms with Gasteiger partial charge >= 0.3 is 0 Å². The molecule has 1 atom stereocenters. The minimum Gasteiger partial charge on any atom is -0.352 e. The van der Waals surface area contributed by atoms with Crippen molar-refractivity contribution in [3.05, 3.63) is 29.8 Å². The van der Waals surface area contributed by atoms with E-state index in [2.05, 4.69) is 5.32 Å². The average molecular weight is 381 g/mol.